The van der Waals surface area contributed by atoms with Crippen molar-refractivity contribution in [3.8, 4) is 0 Å². The lowest BCUT2D eigenvalue weighted by molar-refractivity contribution is -0.121. The molecule has 6 nitrogen and oxygen atoms in total. The maximum Gasteiger partial charge on any atom is 0.222 e. The van der Waals surface area contributed by atoms with Crippen molar-refractivity contribution in [2.45, 2.75) is 26.4 Å². The Bertz CT molecular complexity index is 555. The van der Waals surface area contributed by atoms with E-state index < -0.39 is 0 Å². The predicted octanol–water partition coefficient (Wildman–Crippen LogP) is 1.24. The zero-order chi connectivity index (χ0) is 13.8. The molecule has 0 unspecified atom stereocenters. The molecule has 0 aliphatic heterocycles. The quantitative estimate of drug-likeness (QED) is 0.803. The number of aryl methyl sites for hydroxylation is 3. The van der Waals surface area contributed by atoms with Gasteiger partial charge < -0.3 is 5.32 Å². The molecular formula is C12H16IN5O. The summed E-state index contributed by atoms with van der Waals surface area (Å²) in [6.45, 7) is 3.08. The molecule has 0 saturated carbocycles. The molecule has 2 heterocycles. The Morgan fingerprint density at radius 1 is 1.47 bits per heavy atom. The van der Waals surface area contributed by atoms with Gasteiger partial charge in [-0.3, -0.25) is 14.2 Å². The molecule has 0 fully saturated rings. The average molecular weight is 373 g/mol. The maximum atomic E-state index is 11.7. The molecule has 0 saturated heterocycles. The van der Waals surface area contributed by atoms with E-state index in [0.717, 1.165) is 14.8 Å². The molecule has 0 aliphatic carbocycles. The molecule has 0 bridgehead atoms. The first-order valence-corrected chi connectivity index (χ1v) is 7.06. The molecule has 0 atom stereocenters. The Hall–Kier alpha value is -1.38. The fourth-order valence-corrected chi connectivity index (χ4v) is 2.11. The maximum absolute atomic E-state index is 11.7. The van der Waals surface area contributed by atoms with E-state index in [2.05, 4.69) is 38.1 Å². The van der Waals surface area contributed by atoms with Gasteiger partial charge in [0.1, 0.15) is 0 Å². The summed E-state index contributed by atoms with van der Waals surface area (Å²) < 4.78 is 4.64. The van der Waals surface area contributed by atoms with Crippen LogP contribution in [0.3, 0.4) is 0 Å². The largest absolute Gasteiger partial charge is 0.352 e. The van der Waals surface area contributed by atoms with E-state index in [-0.39, 0.29) is 5.91 Å². The minimum absolute atomic E-state index is 0.0204. The van der Waals surface area contributed by atoms with E-state index in [4.69, 9.17) is 0 Å². The third-order valence-corrected chi connectivity index (χ3v) is 3.76. The summed E-state index contributed by atoms with van der Waals surface area (Å²) in [6, 6.07) is 0. The van der Waals surface area contributed by atoms with Crippen LogP contribution in [0.1, 0.15) is 17.7 Å². The van der Waals surface area contributed by atoms with Crippen LogP contribution in [0.4, 0.5) is 0 Å². The van der Waals surface area contributed by atoms with Crippen molar-refractivity contribution in [3.05, 3.63) is 33.4 Å². The monoisotopic (exact) mass is 373 g/mol. The van der Waals surface area contributed by atoms with Crippen molar-refractivity contribution < 1.29 is 4.79 Å². The van der Waals surface area contributed by atoms with Gasteiger partial charge in [0, 0.05) is 44.5 Å². The zero-order valence-electron chi connectivity index (χ0n) is 10.9. The number of rotatable bonds is 5. The molecule has 0 spiro atoms. The van der Waals surface area contributed by atoms with Gasteiger partial charge in [0.2, 0.25) is 5.91 Å². The van der Waals surface area contributed by atoms with Crippen LogP contribution in [-0.2, 0) is 24.9 Å². The van der Waals surface area contributed by atoms with Crippen molar-refractivity contribution in [1.29, 1.82) is 0 Å². The highest BCUT2D eigenvalue weighted by molar-refractivity contribution is 14.1. The molecule has 7 heteroatoms. The highest BCUT2D eigenvalue weighted by Crippen LogP contribution is 2.08. The standard InChI is InChI=1S/C12H16IN5O/c1-9-11(13)8-18(16-9)4-3-12(19)14-5-10-6-15-17(2)7-10/h6-8H,3-5H2,1-2H3,(H,14,19). The van der Waals surface area contributed by atoms with Gasteiger partial charge in [-0.05, 0) is 29.5 Å². The number of amides is 1. The summed E-state index contributed by atoms with van der Waals surface area (Å²) in [5.41, 5.74) is 2.00. The van der Waals surface area contributed by atoms with Gasteiger partial charge in [0.05, 0.1) is 15.5 Å². The number of hydrogen-bond donors (Lipinski definition) is 1. The third-order valence-electron chi connectivity index (χ3n) is 2.70. The lowest BCUT2D eigenvalue weighted by atomic mass is 10.3. The van der Waals surface area contributed by atoms with E-state index in [9.17, 15) is 4.79 Å². The van der Waals surface area contributed by atoms with Gasteiger partial charge in [0.25, 0.3) is 0 Å². The molecule has 2 aromatic rings. The normalized spacial score (nSPS) is 10.7. The topological polar surface area (TPSA) is 64.7 Å². The predicted molar refractivity (Wildman–Crippen MR) is 79.4 cm³/mol. The highest BCUT2D eigenvalue weighted by Gasteiger charge is 2.05. The summed E-state index contributed by atoms with van der Waals surface area (Å²) in [7, 11) is 1.85. The fourth-order valence-electron chi connectivity index (χ4n) is 1.68. The summed E-state index contributed by atoms with van der Waals surface area (Å²) in [5.74, 6) is 0.0204. The first-order valence-electron chi connectivity index (χ1n) is 5.98. The second-order valence-corrected chi connectivity index (χ2v) is 5.54. The smallest absolute Gasteiger partial charge is 0.222 e. The van der Waals surface area contributed by atoms with Crippen molar-refractivity contribution in [3.63, 3.8) is 0 Å². The molecule has 0 radical (unpaired) electrons. The van der Waals surface area contributed by atoms with Crippen LogP contribution in [0.2, 0.25) is 0 Å². The Morgan fingerprint density at radius 3 is 2.84 bits per heavy atom. The first kappa shape index (κ1) is 14.0. The van der Waals surface area contributed by atoms with E-state index in [1.165, 1.54) is 0 Å². The molecule has 0 aromatic carbocycles. The van der Waals surface area contributed by atoms with Gasteiger partial charge in [-0.1, -0.05) is 0 Å². The van der Waals surface area contributed by atoms with Gasteiger partial charge >= 0.3 is 0 Å². The van der Waals surface area contributed by atoms with E-state index in [1.54, 1.807) is 15.6 Å². The SMILES string of the molecule is Cc1nn(CCC(=O)NCc2cnn(C)c2)cc1I. The highest BCUT2D eigenvalue weighted by atomic mass is 127. The minimum atomic E-state index is 0.0204. The van der Waals surface area contributed by atoms with Crippen molar-refractivity contribution in [2.24, 2.45) is 7.05 Å². The average Bonchev–Trinajstić information content (AvgIpc) is 2.91. The molecular weight excluding hydrogens is 357 g/mol. The molecule has 1 amide bonds. The van der Waals surface area contributed by atoms with Crippen molar-refractivity contribution in [1.82, 2.24) is 24.9 Å². The second kappa shape index (κ2) is 6.18. The Labute approximate surface area is 125 Å². The molecule has 102 valence electrons. The first-order chi connectivity index (χ1) is 9.04. The van der Waals surface area contributed by atoms with Crippen molar-refractivity contribution in [2.75, 3.05) is 0 Å². The van der Waals surface area contributed by atoms with Crippen LogP contribution < -0.4 is 5.32 Å². The van der Waals surface area contributed by atoms with E-state index >= 15 is 0 Å². The number of halogens is 1. The van der Waals surface area contributed by atoms with Crippen LogP contribution >= 0.6 is 22.6 Å². The number of aromatic nitrogens is 4. The number of nitrogens with zero attached hydrogens (tertiary/aromatic N) is 4. The van der Waals surface area contributed by atoms with Gasteiger partial charge in [-0.2, -0.15) is 10.2 Å². The molecule has 19 heavy (non-hydrogen) atoms. The second-order valence-electron chi connectivity index (χ2n) is 4.37. The molecule has 0 aliphatic rings. The van der Waals surface area contributed by atoms with Crippen LogP contribution in [0.5, 0.6) is 0 Å². The summed E-state index contributed by atoms with van der Waals surface area (Å²) >= 11 is 2.24. The van der Waals surface area contributed by atoms with E-state index in [0.29, 0.717) is 19.5 Å². The summed E-state index contributed by atoms with van der Waals surface area (Å²) in [4.78, 5) is 11.7. The van der Waals surface area contributed by atoms with Crippen LogP contribution in [-0.4, -0.2) is 25.5 Å². The molecule has 1 N–H and O–H groups in total. The van der Waals surface area contributed by atoms with E-state index in [1.807, 2.05) is 26.4 Å². The number of nitrogens with one attached hydrogen (secondary N) is 1. The van der Waals surface area contributed by atoms with Gasteiger partial charge in [-0.25, -0.2) is 0 Å². The number of carbonyl (C=O) groups excluding carboxylic acids is 1. The Morgan fingerprint density at radius 2 is 2.26 bits per heavy atom. The number of carbonyl (C=O) groups is 1. The fraction of sp³-hybridized carbons (Fsp3) is 0.417. The van der Waals surface area contributed by atoms with Gasteiger partial charge in [0.15, 0.2) is 0 Å². The van der Waals surface area contributed by atoms with Crippen LogP contribution in [0.15, 0.2) is 18.6 Å². The summed E-state index contributed by atoms with van der Waals surface area (Å²) in [5, 5.41) is 11.2. The Balaban J connectivity index is 1.75. The van der Waals surface area contributed by atoms with Gasteiger partial charge in [-0.15, -0.1) is 0 Å². The third kappa shape index (κ3) is 4.05. The lowest BCUT2D eigenvalue weighted by Gasteiger charge is -2.03. The summed E-state index contributed by atoms with van der Waals surface area (Å²) in [6.07, 6.45) is 6.01. The minimum Gasteiger partial charge on any atom is -0.352 e. The van der Waals surface area contributed by atoms with Crippen LogP contribution in [0, 0.1) is 10.5 Å². The molecule has 2 rings (SSSR count). The van der Waals surface area contributed by atoms with Crippen LogP contribution in [0.25, 0.3) is 0 Å². The lowest BCUT2D eigenvalue weighted by Crippen LogP contribution is -2.23. The zero-order valence-corrected chi connectivity index (χ0v) is 13.1. The number of hydrogen-bond acceptors (Lipinski definition) is 3. The van der Waals surface area contributed by atoms with Crippen molar-refractivity contribution >= 4 is 28.5 Å². The Kier molecular flexibility index (Phi) is 4.56. The molecule has 2 aromatic heterocycles.